The Balaban J connectivity index is 2.09. The van der Waals surface area contributed by atoms with Crippen LogP contribution in [0, 0.1) is 6.92 Å². The van der Waals surface area contributed by atoms with E-state index in [1.807, 2.05) is 13.1 Å². The topological polar surface area (TPSA) is 39.1 Å². The van der Waals surface area contributed by atoms with Crippen molar-refractivity contribution >= 4 is 17.2 Å². The molecule has 5 heteroatoms. The molecule has 0 saturated carbocycles. The number of hydrogen-bond acceptors (Lipinski definition) is 4. The molecule has 92 valence electrons. The molecule has 0 aliphatic carbocycles. The van der Waals surface area contributed by atoms with Crippen LogP contribution in [-0.4, -0.2) is 16.9 Å². The van der Waals surface area contributed by atoms with Gasteiger partial charge in [-0.15, -0.1) is 11.3 Å². The molecular weight excluding hydrogens is 234 g/mol. The van der Waals surface area contributed by atoms with Crippen LogP contribution in [-0.2, 0) is 7.05 Å². The molecular formula is C12H17N3OS. The fraction of sp³-hybridized carbons (Fsp3) is 0.417. The van der Waals surface area contributed by atoms with E-state index in [0.717, 1.165) is 11.7 Å². The highest BCUT2D eigenvalue weighted by Gasteiger charge is 2.11. The zero-order valence-electron chi connectivity index (χ0n) is 10.5. The average Bonchev–Trinajstić information content (AvgIpc) is 2.85. The number of ether oxygens (including phenoxy) is 1. The highest BCUT2D eigenvalue weighted by atomic mass is 32.1. The molecule has 0 aromatic carbocycles. The average molecular weight is 251 g/mol. The molecule has 0 aliphatic rings. The van der Waals surface area contributed by atoms with Gasteiger partial charge < -0.3 is 10.1 Å². The highest BCUT2D eigenvalue weighted by molar-refractivity contribution is 7.12. The minimum absolute atomic E-state index is 0.258. The van der Waals surface area contributed by atoms with Gasteiger partial charge >= 0.3 is 0 Å². The van der Waals surface area contributed by atoms with E-state index in [0.29, 0.717) is 0 Å². The maximum absolute atomic E-state index is 5.18. The quantitative estimate of drug-likeness (QED) is 0.908. The van der Waals surface area contributed by atoms with Crippen molar-refractivity contribution in [2.45, 2.75) is 19.9 Å². The van der Waals surface area contributed by atoms with E-state index in [1.165, 1.54) is 9.75 Å². The molecule has 0 spiro atoms. The minimum Gasteiger partial charge on any atom is -0.481 e. The molecule has 0 aliphatic heterocycles. The standard InChI is InChI=1S/C12H17N3OS/c1-8-5-6-10(17-8)9(2)13-11-7-12(16-4)15(3)14-11/h5-7,9H,1-4H3,(H,13,14). The summed E-state index contributed by atoms with van der Waals surface area (Å²) < 4.78 is 6.90. The summed E-state index contributed by atoms with van der Waals surface area (Å²) in [4.78, 5) is 2.64. The first-order valence-corrected chi connectivity index (χ1v) is 6.32. The number of nitrogens with zero attached hydrogens (tertiary/aromatic N) is 2. The van der Waals surface area contributed by atoms with Gasteiger partial charge in [-0.3, -0.25) is 0 Å². The molecule has 1 N–H and O–H groups in total. The van der Waals surface area contributed by atoms with Gasteiger partial charge in [0.2, 0.25) is 5.88 Å². The van der Waals surface area contributed by atoms with Crippen molar-refractivity contribution in [3.05, 3.63) is 28.0 Å². The summed E-state index contributed by atoms with van der Waals surface area (Å²) in [5.41, 5.74) is 0. The minimum atomic E-state index is 0.258. The van der Waals surface area contributed by atoms with Crippen LogP contribution in [0.2, 0.25) is 0 Å². The summed E-state index contributed by atoms with van der Waals surface area (Å²) in [6.07, 6.45) is 0. The third-order valence-corrected chi connectivity index (χ3v) is 3.78. The Bertz CT molecular complexity index is 504. The summed E-state index contributed by atoms with van der Waals surface area (Å²) in [5.74, 6) is 1.59. The van der Waals surface area contributed by atoms with Crippen LogP contribution in [0.1, 0.15) is 22.7 Å². The number of nitrogens with one attached hydrogen (secondary N) is 1. The second-order valence-electron chi connectivity index (χ2n) is 4.01. The molecule has 0 saturated heterocycles. The van der Waals surface area contributed by atoms with Gasteiger partial charge in [0.15, 0.2) is 5.82 Å². The van der Waals surface area contributed by atoms with E-state index in [2.05, 4.69) is 36.4 Å². The largest absolute Gasteiger partial charge is 0.481 e. The molecule has 0 amide bonds. The zero-order valence-corrected chi connectivity index (χ0v) is 11.3. The Morgan fingerprint density at radius 2 is 2.24 bits per heavy atom. The van der Waals surface area contributed by atoms with Gasteiger partial charge in [0.05, 0.1) is 13.2 Å². The SMILES string of the molecule is COc1cc(NC(C)c2ccc(C)s2)nn1C. The van der Waals surface area contributed by atoms with Crippen molar-refractivity contribution in [1.82, 2.24) is 9.78 Å². The summed E-state index contributed by atoms with van der Waals surface area (Å²) in [6.45, 7) is 4.25. The summed E-state index contributed by atoms with van der Waals surface area (Å²) in [5, 5.41) is 7.70. The highest BCUT2D eigenvalue weighted by Crippen LogP contribution is 2.26. The molecule has 2 aromatic heterocycles. The summed E-state index contributed by atoms with van der Waals surface area (Å²) in [6, 6.07) is 6.44. The fourth-order valence-electron chi connectivity index (χ4n) is 1.69. The van der Waals surface area contributed by atoms with E-state index in [1.54, 1.807) is 23.1 Å². The number of rotatable bonds is 4. The van der Waals surface area contributed by atoms with E-state index < -0.39 is 0 Å². The smallest absolute Gasteiger partial charge is 0.213 e. The molecule has 0 fully saturated rings. The van der Waals surface area contributed by atoms with Crippen LogP contribution in [0.25, 0.3) is 0 Å². The van der Waals surface area contributed by atoms with Crippen molar-refractivity contribution in [3.8, 4) is 5.88 Å². The Hall–Kier alpha value is -1.49. The van der Waals surface area contributed by atoms with E-state index in [9.17, 15) is 0 Å². The Kier molecular flexibility index (Phi) is 3.38. The second-order valence-corrected chi connectivity index (χ2v) is 5.33. The monoisotopic (exact) mass is 251 g/mol. The summed E-state index contributed by atoms with van der Waals surface area (Å²) >= 11 is 1.80. The predicted molar refractivity (Wildman–Crippen MR) is 70.9 cm³/mol. The van der Waals surface area contributed by atoms with Crippen molar-refractivity contribution in [2.75, 3.05) is 12.4 Å². The van der Waals surface area contributed by atoms with Gasteiger partial charge in [-0.25, -0.2) is 4.68 Å². The van der Waals surface area contributed by atoms with Crippen LogP contribution in [0.3, 0.4) is 0 Å². The number of aromatic nitrogens is 2. The van der Waals surface area contributed by atoms with E-state index in [-0.39, 0.29) is 6.04 Å². The first kappa shape index (κ1) is 12.0. The maximum atomic E-state index is 5.18. The van der Waals surface area contributed by atoms with Crippen molar-refractivity contribution in [3.63, 3.8) is 0 Å². The molecule has 1 atom stereocenters. The second kappa shape index (κ2) is 4.79. The van der Waals surface area contributed by atoms with Crippen LogP contribution in [0.15, 0.2) is 18.2 Å². The molecule has 2 heterocycles. The normalized spacial score (nSPS) is 12.5. The molecule has 1 unspecified atom stereocenters. The molecule has 0 radical (unpaired) electrons. The van der Waals surface area contributed by atoms with Gasteiger partial charge in [0.25, 0.3) is 0 Å². The number of anilines is 1. The zero-order chi connectivity index (χ0) is 12.4. The van der Waals surface area contributed by atoms with Crippen LogP contribution < -0.4 is 10.1 Å². The lowest BCUT2D eigenvalue weighted by Crippen LogP contribution is -2.05. The van der Waals surface area contributed by atoms with Crippen molar-refractivity contribution in [2.24, 2.45) is 7.05 Å². The summed E-state index contributed by atoms with van der Waals surface area (Å²) in [7, 11) is 3.51. The molecule has 4 nitrogen and oxygen atoms in total. The third-order valence-electron chi connectivity index (χ3n) is 2.60. The molecule has 2 aromatic rings. The molecule has 17 heavy (non-hydrogen) atoms. The first-order valence-electron chi connectivity index (χ1n) is 5.51. The lowest BCUT2D eigenvalue weighted by Gasteiger charge is -2.10. The number of hydrogen-bond donors (Lipinski definition) is 1. The fourth-order valence-corrected chi connectivity index (χ4v) is 2.57. The first-order chi connectivity index (χ1) is 8.10. The van der Waals surface area contributed by atoms with Crippen molar-refractivity contribution < 1.29 is 4.74 Å². The van der Waals surface area contributed by atoms with Crippen LogP contribution >= 0.6 is 11.3 Å². The van der Waals surface area contributed by atoms with Gasteiger partial charge in [-0.2, -0.15) is 5.10 Å². The Morgan fingerprint density at radius 1 is 1.47 bits per heavy atom. The third kappa shape index (κ3) is 2.61. The number of methoxy groups -OCH3 is 1. The molecule has 0 bridgehead atoms. The maximum Gasteiger partial charge on any atom is 0.213 e. The van der Waals surface area contributed by atoms with Crippen LogP contribution in [0.5, 0.6) is 5.88 Å². The lowest BCUT2D eigenvalue weighted by atomic mass is 10.3. The van der Waals surface area contributed by atoms with E-state index >= 15 is 0 Å². The van der Waals surface area contributed by atoms with Crippen molar-refractivity contribution in [1.29, 1.82) is 0 Å². The Labute approximate surface area is 105 Å². The predicted octanol–water partition coefficient (Wildman–Crippen LogP) is 2.97. The number of aryl methyl sites for hydroxylation is 2. The van der Waals surface area contributed by atoms with Gasteiger partial charge in [-0.05, 0) is 26.0 Å². The van der Waals surface area contributed by atoms with E-state index in [4.69, 9.17) is 4.74 Å². The molecule has 2 rings (SSSR count). The van der Waals surface area contributed by atoms with Crippen LogP contribution in [0.4, 0.5) is 5.82 Å². The Morgan fingerprint density at radius 3 is 2.76 bits per heavy atom. The lowest BCUT2D eigenvalue weighted by molar-refractivity contribution is 0.373. The van der Waals surface area contributed by atoms with Gasteiger partial charge in [0.1, 0.15) is 0 Å². The van der Waals surface area contributed by atoms with Gasteiger partial charge in [0, 0.05) is 22.9 Å². The number of thiophene rings is 1. The van der Waals surface area contributed by atoms with Gasteiger partial charge in [-0.1, -0.05) is 0 Å².